The molecular weight excluding hydrogens is 485 g/mol. The molecule has 6 nitrogen and oxygen atoms in total. The number of aromatic nitrogens is 1. The van der Waals surface area contributed by atoms with Crippen molar-refractivity contribution in [1.29, 1.82) is 0 Å². The summed E-state index contributed by atoms with van der Waals surface area (Å²) in [6, 6.07) is 9.13. The minimum absolute atomic E-state index is 0.0346. The highest BCUT2D eigenvalue weighted by Gasteiger charge is 2.29. The number of halogens is 3. The summed E-state index contributed by atoms with van der Waals surface area (Å²) in [7, 11) is -2.28. The van der Waals surface area contributed by atoms with Gasteiger partial charge in [-0.05, 0) is 36.6 Å². The second-order valence-corrected chi connectivity index (χ2v) is 10.7. The van der Waals surface area contributed by atoms with Gasteiger partial charge in [-0.25, -0.2) is 26.6 Å². The van der Waals surface area contributed by atoms with Gasteiger partial charge in [0.15, 0.2) is 5.82 Å². The summed E-state index contributed by atoms with van der Waals surface area (Å²) in [6.45, 7) is 3.50. The molecule has 2 aromatic carbocycles. The summed E-state index contributed by atoms with van der Waals surface area (Å²) in [6.07, 6.45) is -1.75. The van der Waals surface area contributed by atoms with E-state index >= 15 is 0 Å². The minimum atomic E-state index is -4.12. The number of thiazole rings is 1. The number of rotatable bonds is 8. The molecule has 1 N–H and O–H groups in total. The van der Waals surface area contributed by atoms with Crippen LogP contribution in [0.1, 0.15) is 29.5 Å². The van der Waals surface area contributed by atoms with Crippen LogP contribution in [-0.4, -0.2) is 44.5 Å². The summed E-state index contributed by atoms with van der Waals surface area (Å²) in [5.41, 5.74) is 3.33. The second kappa shape index (κ2) is 9.93. The highest BCUT2D eigenvalue weighted by atomic mass is 32.2. The largest absolute Gasteiger partial charge is 0.370 e. The van der Waals surface area contributed by atoms with E-state index in [0.717, 1.165) is 13.0 Å². The van der Waals surface area contributed by atoms with Crippen LogP contribution in [0.25, 0.3) is 0 Å². The Bertz CT molecular complexity index is 1250. The Morgan fingerprint density at radius 3 is 2.76 bits per heavy atom. The van der Waals surface area contributed by atoms with Crippen molar-refractivity contribution in [2.75, 3.05) is 29.8 Å². The van der Waals surface area contributed by atoms with Gasteiger partial charge >= 0.3 is 0 Å². The molecule has 0 saturated carbocycles. The lowest BCUT2D eigenvalue weighted by Crippen LogP contribution is -2.35. The Morgan fingerprint density at radius 1 is 1.29 bits per heavy atom. The third-order valence-electron chi connectivity index (χ3n) is 6.07. The maximum atomic E-state index is 14.9. The molecular formula is C23H25F3N4O2S2. The first-order chi connectivity index (χ1) is 16.2. The van der Waals surface area contributed by atoms with E-state index in [1.54, 1.807) is 25.1 Å². The fraction of sp³-hybridized carbons (Fsp3) is 0.348. The van der Waals surface area contributed by atoms with Gasteiger partial charge in [-0.15, -0.1) is 11.3 Å². The number of hydrogen-bond acceptors (Lipinski definition) is 6. The van der Waals surface area contributed by atoms with E-state index in [1.165, 1.54) is 40.4 Å². The van der Waals surface area contributed by atoms with Crippen LogP contribution in [0.2, 0.25) is 0 Å². The highest BCUT2D eigenvalue weighted by molar-refractivity contribution is 7.92. The monoisotopic (exact) mass is 510 g/mol. The fourth-order valence-electron chi connectivity index (χ4n) is 4.29. The quantitative estimate of drug-likeness (QED) is 0.460. The third-order valence-corrected chi connectivity index (χ3v) is 8.03. The maximum absolute atomic E-state index is 14.9. The zero-order valence-corrected chi connectivity index (χ0v) is 20.3. The number of likely N-dealkylation sites (tertiary alicyclic amines) is 1. The van der Waals surface area contributed by atoms with E-state index < -0.39 is 27.2 Å². The number of aryl methyl sites for hydroxylation is 1. The van der Waals surface area contributed by atoms with Gasteiger partial charge < -0.3 is 4.90 Å². The van der Waals surface area contributed by atoms with Crippen LogP contribution in [-0.2, 0) is 16.6 Å². The molecule has 1 aliphatic rings. The van der Waals surface area contributed by atoms with Crippen molar-refractivity contribution in [3.63, 3.8) is 0 Å². The molecule has 1 fully saturated rings. The molecule has 2 heterocycles. The van der Waals surface area contributed by atoms with E-state index in [-0.39, 0.29) is 17.4 Å². The number of benzene rings is 2. The normalized spacial score (nSPS) is 16.8. The van der Waals surface area contributed by atoms with Crippen molar-refractivity contribution >= 4 is 32.9 Å². The van der Waals surface area contributed by atoms with Gasteiger partial charge in [-0.1, -0.05) is 24.3 Å². The van der Waals surface area contributed by atoms with Crippen molar-refractivity contribution in [2.24, 2.45) is 0 Å². The third kappa shape index (κ3) is 5.21. The average molecular weight is 511 g/mol. The molecule has 3 aromatic rings. The van der Waals surface area contributed by atoms with Gasteiger partial charge in [0.2, 0.25) is 0 Å². The topological polar surface area (TPSA) is 65.5 Å². The Balaban J connectivity index is 1.48. The van der Waals surface area contributed by atoms with E-state index in [4.69, 9.17) is 0 Å². The molecule has 0 aliphatic carbocycles. The zero-order valence-electron chi connectivity index (χ0n) is 18.7. The standard InChI is InChI=1S/C23H25F3N4O2S2/c1-15-9-21(34(31,32)28-22-13-33-14-27-22)19(24)10-20(15)29(2)17-7-8-30(12-17)11-16-5-3-4-6-18(16)23(25)26/h3-6,9-10,13-14,17,23,28H,7-8,11-12H2,1-2H3. The van der Waals surface area contributed by atoms with E-state index in [1.807, 2.05) is 11.9 Å². The smallest absolute Gasteiger partial charge is 0.266 e. The Hall–Kier alpha value is -2.63. The lowest BCUT2D eigenvalue weighted by atomic mass is 10.1. The maximum Gasteiger partial charge on any atom is 0.266 e. The first-order valence-corrected chi connectivity index (χ1v) is 13.1. The lowest BCUT2D eigenvalue weighted by Gasteiger charge is -2.29. The highest BCUT2D eigenvalue weighted by Crippen LogP contribution is 2.31. The number of alkyl halides is 2. The molecule has 11 heteroatoms. The summed E-state index contributed by atoms with van der Waals surface area (Å²) in [5.74, 6) is -0.710. The van der Waals surface area contributed by atoms with Crippen LogP contribution in [0.5, 0.6) is 0 Å². The number of nitrogens with one attached hydrogen (secondary N) is 1. The van der Waals surface area contributed by atoms with Gasteiger partial charge in [0.25, 0.3) is 16.4 Å². The Kier molecular flexibility index (Phi) is 7.15. The van der Waals surface area contributed by atoms with Crippen LogP contribution in [0, 0.1) is 12.7 Å². The molecule has 1 unspecified atom stereocenters. The Morgan fingerprint density at radius 2 is 2.06 bits per heavy atom. The van der Waals surface area contributed by atoms with Crippen molar-refractivity contribution in [3.05, 3.63) is 69.8 Å². The first-order valence-electron chi connectivity index (χ1n) is 10.7. The fourth-order valence-corrected chi connectivity index (χ4v) is 5.99. The van der Waals surface area contributed by atoms with Crippen molar-refractivity contribution < 1.29 is 21.6 Å². The number of hydrogen-bond donors (Lipinski definition) is 1. The van der Waals surface area contributed by atoms with E-state index in [0.29, 0.717) is 29.9 Å². The summed E-state index contributed by atoms with van der Waals surface area (Å²) in [5, 5.41) is 1.52. The average Bonchev–Trinajstić information content (AvgIpc) is 3.46. The number of anilines is 2. The second-order valence-electron chi connectivity index (χ2n) is 8.34. The van der Waals surface area contributed by atoms with E-state index in [9.17, 15) is 21.6 Å². The van der Waals surface area contributed by atoms with Crippen molar-refractivity contribution in [2.45, 2.75) is 37.3 Å². The molecule has 182 valence electrons. The molecule has 4 rings (SSSR count). The summed E-state index contributed by atoms with van der Waals surface area (Å²) >= 11 is 1.23. The summed E-state index contributed by atoms with van der Waals surface area (Å²) in [4.78, 5) is 7.48. The molecule has 0 spiro atoms. The van der Waals surface area contributed by atoms with E-state index in [2.05, 4.69) is 14.6 Å². The van der Waals surface area contributed by atoms with Crippen LogP contribution in [0.4, 0.5) is 24.7 Å². The summed E-state index contributed by atoms with van der Waals surface area (Å²) < 4.78 is 69.1. The zero-order chi connectivity index (χ0) is 24.5. The number of likely N-dealkylation sites (N-methyl/N-ethyl adjacent to an activating group) is 1. The van der Waals surface area contributed by atoms with Crippen LogP contribution < -0.4 is 9.62 Å². The SMILES string of the molecule is Cc1cc(S(=O)(=O)Nc2cscn2)c(F)cc1N(C)C1CCN(Cc2ccccc2C(F)F)C1. The van der Waals surface area contributed by atoms with Crippen molar-refractivity contribution in [3.8, 4) is 0 Å². The minimum Gasteiger partial charge on any atom is -0.370 e. The van der Waals surface area contributed by atoms with Gasteiger partial charge in [-0.2, -0.15) is 0 Å². The molecule has 34 heavy (non-hydrogen) atoms. The Labute approximate surface area is 201 Å². The molecule has 0 radical (unpaired) electrons. The molecule has 1 aliphatic heterocycles. The molecule has 0 bridgehead atoms. The van der Waals surface area contributed by atoms with Crippen LogP contribution >= 0.6 is 11.3 Å². The van der Waals surface area contributed by atoms with Crippen LogP contribution in [0.15, 0.2) is 52.2 Å². The van der Waals surface area contributed by atoms with Crippen LogP contribution in [0.3, 0.4) is 0 Å². The molecule has 0 amide bonds. The predicted octanol–water partition coefficient (Wildman–Crippen LogP) is 5.04. The number of nitrogens with zero attached hydrogens (tertiary/aromatic N) is 3. The predicted molar refractivity (Wildman–Crippen MR) is 128 cm³/mol. The molecule has 1 aromatic heterocycles. The number of sulfonamides is 1. The first kappa shape index (κ1) is 24.5. The van der Waals surface area contributed by atoms with Gasteiger partial charge in [0.1, 0.15) is 10.7 Å². The lowest BCUT2D eigenvalue weighted by molar-refractivity contribution is 0.148. The van der Waals surface area contributed by atoms with Gasteiger partial charge in [0, 0.05) is 49.4 Å². The molecule has 1 saturated heterocycles. The van der Waals surface area contributed by atoms with Gasteiger partial charge in [0.05, 0.1) is 5.51 Å². The van der Waals surface area contributed by atoms with Gasteiger partial charge in [-0.3, -0.25) is 9.62 Å². The molecule has 1 atom stereocenters. The van der Waals surface area contributed by atoms with Crippen molar-refractivity contribution in [1.82, 2.24) is 9.88 Å².